The summed E-state index contributed by atoms with van der Waals surface area (Å²) in [6.45, 7) is 10.1. The van der Waals surface area contributed by atoms with Gasteiger partial charge < -0.3 is 9.67 Å². The first-order valence-electron chi connectivity index (χ1n) is 6.78. The first kappa shape index (κ1) is 17.1. The molecular weight excluding hydrogens is 278 g/mol. The lowest BCUT2D eigenvalue weighted by Gasteiger charge is -2.30. The van der Waals surface area contributed by atoms with Crippen LogP contribution in [0.15, 0.2) is 11.2 Å². The molecule has 2 N–H and O–H groups in total. The second-order valence-corrected chi connectivity index (χ2v) is 7.63. The van der Waals surface area contributed by atoms with Crippen molar-refractivity contribution >= 4 is 10.0 Å². The fourth-order valence-electron chi connectivity index (χ4n) is 1.97. The Bertz CT molecular complexity index is 544. The van der Waals surface area contributed by atoms with E-state index in [1.54, 1.807) is 11.5 Å². The standard InChI is InChI=1S/C13H25N3O3S/c1-6-16-9-12(14-10(16)2)20(18,19)15-11(7-8-17)13(3,4)5/h9,11,15,17H,6-8H2,1-5H3. The van der Waals surface area contributed by atoms with Gasteiger partial charge in [-0.25, -0.2) is 18.1 Å². The van der Waals surface area contributed by atoms with E-state index in [9.17, 15) is 8.42 Å². The van der Waals surface area contributed by atoms with Crippen LogP contribution in [0, 0.1) is 12.3 Å². The van der Waals surface area contributed by atoms with Gasteiger partial charge in [-0.3, -0.25) is 0 Å². The van der Waals surface area contributed by atoms with Gasteiger partial charge in [-0.2, -0.15) is 0 Å². The van der Waals surface area contributed by atoms with Crippen molar-refractivity contribution in [3.63, 3.8) is 0 Å². The van der Waals surface area contributed by atoms with E-state index < -0.39 is 10.0 Å². The van der Waals surface area contributed by atoms with Crippen molar-refractivity contribution in [2.75, 3.05) is 6.61 Å². The van der Waals surface area contributed by atoms with Crippen molar-refractivity contribution in [2.24, 2.45) is 5.41 Å². The van der Waals surface area contributed by atoms with Crippen LogP contribution in [0.5, 0.6) is 0 Å². The molecule has 7 heteroatoms. The summed E-state index contributed by atoms with van der Waals surface area (Å²) < 4.78 is 29.2. The molecular formula is C13H25N3O3S. The van der Waals surface area contributed by atoms with E-state index >= 15 is 0 Å². The molecule has 0 aromatic carbocycles. The second-order valence-electron chi connectivity index (χ2n) is 5.96. The minimum atomic E-state index is -3.67. The quantitative estimate of drug-likeness (QED) is 0.829. The lowest BCUT2D eigenvalue weighted by Crippen LogP contribution is -2.44. The Hall–Kier alpha value is -0.920. The van der Waals surface area contributed by atoms with Crippen molar-refractivity contribution < 1.29 is 13.5 Å². The molecule has 20 heavy (non-hydrogen) atoms. The third-order valence-corrected chi connectivity index (χ3v) is 4.67. The minimum absolute atomic E-state index is 0.0315. The molecule has 0 spiro atoms. The van der Waals surface area contributed by atoms with Crippen LogP contribution in [0.1, 0.15) is 39.9 Å². The van der Waals surface area contributed by atoms with E-state index in [1.807, 2.05) is 27.7 Å². The number of aryl methyl sites for hydroxylation is 2. The van der Waals surface area contributed by atoms with Crippen LogP contribution >= 0.6 is 0 Å². The zero-order valence-electron chi connectivity index (χ0n) is 12.8. The zero-order chi connectivity index (χ0) is 15.6. The largest absolute Gasteiger partial charge is 0.396 e. The highest BCUT2D eigenvalue weighted by Crippen LogP contribution is 2.23. The highest BCUT2D eigenvalue weighted by atomic mass is 32.2. The smallest absolute Gasteiger partial charge is 0.259 e. The fourth-order valence-corrected chi connectivity index (χ4v) is 3.46. The molecule has 0 aliphatic heterocycles. The molecule has 116 valence electrons. The van der Waals surface area contributed by atoms with Gasteiger partial charge in [0.25, 0.3) is 10.0 Å². The predicted molar refractivity (Wildman–Crippen MR) is 77.9 cm³/mol. The average molecular weight is 303 g/mol. The molecule has 1 heterocycles. The summed E-state index contributed by atoms with van der Waals surface area (Å²) in [6, 6.07) is -0.343. The number of hydrogen-bond acceptors (Lipinski definition) is 4. The molecule has 1 aromatic heterocycles. The van der Waals surface area contributed by atoms with Gasteiger partial charge in [0.1, 0.15) is 5.82 Å². The van der Waals surface area contributed by atoms with Gasteiger partial charge in [0.2, 0.25) is 0 Å². The van der Waals surface area contributed by atoms with Crippen molar-refractivity contribution in [1.29, 1.82) is 0 Å². The van der Waals surface area contributed by atoms with Gasteiger partial charge in [-0.1, -0.05) is 20.8 Å². The third-order valence-electron chi connectivity index (χ3n) is 3.33. The van der Waals surface area contributed by atoms with E-state index in [0.29, 0.717) is 18.8 Å². The Kier molecular flexibility index (Phi) is 5.34. The fraction of sp³-hybridized carbons (Fsp3) is 0.769. The monoisotopic (exact) mass is 303 g/mol. The summed E-state index contributed by atoms with van der Waals surface area (Å²) in [6.07, 6.45) is 1.91. The maximum Gasteiger partial charge on any atom is 0.259 e. The maximum atomic E-state index is 12.4. The minimum Gasteiger partial charge on any atom is -0.396 e. The average Bonchev–Trinajstić information content (AvgIpc) is 2.69. The Balaban J connectivity index is 3.03. The summed E-state index contributed by atoms with van der Waals surface area (Å²) in [7, 11) is -3.67. The number of nitrogens with zero attached hydrogens (tertiary/aromatic N) is 2. The Labute approximate surface area is 121 Å². The SMILES string of the molecule is CCn1cc(S(=O)(=O)NC(CCO)C(C)(C)C)nc1C. The number of aromatic nitrogens is 2. The van der Waals surface area contributed by atoms with Gasteiger partial charge in [-0.05, 0) is 25.7 Å². The molecule has 0 amide bonds. The number of sulfonamides is 1. The van der Waals surface area contributed by atoms with Crippen LogP contribution in [-0.2, 0) is 16.6 Å². The molecule has 1 unspecified atom stereocenters. The molecule has 0 radical (unpaired) electrons. The van der Waals surface area contributed by atoms with Crippen LogP contribution in [0.2, 0.25) is 0 Å². The molecule has 0 bridgehead atoms. The van der Waals surface area contributed by atoms with Gasteiger partial charge >= 0.3 is 0 Å². The van der Waals surface area contributed by atoms with Gasteiger partial charge in [0.05, 0.1) is 0 Å². The molecule has 1 rings (SSSR count). The molecule has 0 aliphatic rings. The van der Waals surface area contributed by atoms with Crippen LogP contribution in [-0.4, -0.2) is 35.7 Å². The van der Waals surface area contributed by atoms with Crippen LogP contribution in [0.25, 0.3) is 0 Å². The number of rotatable bonds is 6. The lowest BCUT2D eigenvalue weighted by atomic mass is 9.86. The highest BCUT2D eigenvalue weighted by molar-refractivity contribution is 7.89. The van der Waals surface area contributed by atoms with Crippen molar-refractivity contribution in [2.45, 2.75) is 58.7 Å². The normalized spacial score (nSPS) is 14.5. The van der Waals surface area contributed by atoms with E-state index in [2.05, 4.69) is 9.71 Å². The lowest BCUT2D eigenvalue weighted by molar-refractivity contribution is 0.214. The molecule has 0 saturated carbocycles. The number of aliphatic hydroxyl groups excluding tert-OH is 1. The Morgan fingerprint density at radius 1 is 1.45 bits per heavy atom. The maximum absolute atomic E-state index is 12.4. The van der Waals surface area contributed by atoms with Crippen LogP contribution < -0.4 is 4.72 Å². The van der Waals surface area contributed by atoms with Crippen molar-refractivity contribution in [3.8, 4) is 0 Å². The topological polar surface area (TPSA) is 84.2 Å². The molecule has 0 saturated heterocycles. The number of hydrogen-bond donors (Lipinski definition) is 2. The van der Waals surface area contributed by atoms with E-state index in [1.165, 1.54) is 6.20 Å². The van der Waals surface area contributed by atoms with Gasteiger partial charge in [0.15, 0.2) is 5.03 Å². The summed E-state index contributed by atoms with van der Waals surface area (Å²) >= 11 is 0. The molecule has 1 atom stereocenters. The molecule has 6 nitrogen and oxygen atoms in total. The summed E-state index contributed by atoms with van der Waals surface area (Å²) in [5.41, 5.74) is -0.280. The Morgan fingerprint density at radius 2 is 2.05 bits per heavy atom. The predicted octanol–water partition coefficient (Wildman–Crippen LogP) is 1.29. The first-order valence-corrected chi connectivity index (χ1v) is 8.27. The number of nitrogens with one attached hydrogen (secondary N) is 1. The number of aliphatic hydroxyl groups is 1. The van der Waals surface area contributed by atoms with E-state index in [4.69, 9.17) is 5.11 Å². The van der Waals surface area contributed by atoms with E-state index in [-0.39, 0.29) is 23.1 Å². The number of imidazole rings is 1. The molecule has 1 aromatic rings. The van der Waals surface area contributed by atoms with Gasteiger partial charge in [0, 0.05) is 25.4 Å². The van der Waals surface area contributed by atoms with E-state index in [0.717, 1.165) is 0 Å². The second kappa shape index (κ2) is 6.24. The van der Waals surface area contributed by atoms with Crippen molar-refractivity contribution in [3.05, 3.63) is 12.0 Å². The third kappa shape index (κ3) is 4.04. The zero-order valence-corrected chi connectivity index (χ0v) is 13.7. The molecule has 0 aliphatic carbocycles. The van der Waals surface area contributed by atoms with Crippen LogP contribution in [0.4, 0.5) is 0 Å². The van der Waals surface area contributed by atoms with Crippen molar-refractivity contribution in [1.82, 2.24) is 14.3 Å². The summed E-state index contributed by atoms with van der Waals surface area (Å²) in [5.74, 6) is 0.669. The van der Waals surface area contributed by atoms with Crippen LogP contribution in [0.3, 0.4) is 0 Å². The Morgan fingerprint density at radius 3 is 2.45 bits per heavy atom. The van der Waals surface area contributed by atoms with Gasteiger partial charge in [-0.15, -0.1) is 0 Å². The molecule has 0 fully saturated rings. The first-order chi connectivity index (χ1) is 9.11. The summed E-state index contributed by atoms with van der Waals surface area (Å²) in [4.78, 5) is 4.10. The highest BCUT2D eigenvalue weighted by Gasteiger charge is 2.30. The summed E-state index contributed by atoms with van der Waals surface area (Å²) in [5, 5.41) is 9.13.